The number of likely N-dealkylation sites (N-methyl/N-ethyl adjacent to an activating group) is 1. The summed E-state index contributed by atoms with van der Waals surface area (Å²) < 4.78 is 5.20. The second-order valence-electron chi connectivity index (χ2n) is 2.62. The van der Waals surface area contributed by atoms with Gasteiger partial charge in [0.1, 0.15) is 0 Å². The van der Waals surface area contributed by atoms with Crippen molar-refractivity contribution in [2.24, 2.45) is 5.84 Å². The minimum Gasteiger partial charge on any atom is -0.378 e. The number of hydrazine groups is 1. The quantitative estimate of drug-likeness (QED) is 0.478. The van der Waals surface area contributed by atoms with Gasteiger partial charge in [-0.1, -0.05) is 0 Å². The van der Waals surface area contributed by atoms with Crippen molar-refractivity contribution in [3.8, 4) is 0 Å². The Hall–Kier alpha value is -0.160. The normalized spacial score (nSPS) is 35.1. The molecule has 1 saturated heterocycles. The van der Waals surface area contributed by atoms with Crippen molar-refractivity contribution < 1.29 is 4.74 Å². The van der Waals surface area contributed by atoms with Crippen LogP contribution in [0.25, 0.3) is 0 Å². The average Bonchev–Trinajstić information content (AvgIpc) is 2.30. The van der Waals surface area contributed by atoms with Crippen molar-refractivity contribution in [3.05, 3.63) is 0 Å². The topological polar surface area (TPSA) is 50.5 Å². The number of methoxy groups -OCH3 is 1. The van der Waals surface area contributed by atoms with Gasteiger partial charge < -0.3 is 10.1 Å². The van der Waals surface area contributed by atoms with Crippen LogP contribution < -0.4 is 11.2 Å². The Labute approximate surface area is 61.3 Å². The van der Waals surface area contributed by atoms with E-state index in [1.807, 2.05) is 7.05 Å². The van der Waals surface area contributed by atoms with Gasteiger partial charge >= 0.3 is 0 Å². The molecule has 0 amide bonds. The van der Waals surface area contributed by atoms with Crippen molar-refractivity contribution in [3.63, 3.8) is 0 Å². The van der Waals surface area contributed by atoms with Crippen LogP contribution in [-0.2, 0) is 4.74 Å². The molecule has 0 bridgehead atoms. The monoisotopic (exact) mass is 145 g/mol. The third-order valence-corrected chi connectivity index (χ3v) is 1.97. The van der Waals surface area contributed by atoms with Crippen molar-refractivity contribution in [2.45, 2.75) is 12.1 Å². The van der Waals surface area contributed by atoms with E-state index < -0.39 is 0 Å². The molecule has 2 unspecified atom stereocenters. The van der Waals surface area contributed by atoms with Crippen molar-refractivity contribution in [1.82, 2.24) is 10.3 Å². The van der Waals surface area contributed by atoms with Gasteiger partial charge in [-0.3, -0.25) is 5.84 Å². The number of nitrogens with two attached hydrogens (primary N) is 1. The van der Waals surface area contributed by atoms with Crippen LogP contribution in [0.1, 0.15) is 0 Å². The van der Waals surface area contributed by atoms with Crippen LogP contribution in [0.15, 0.2) is 0 Å². The Morgan fingerprint density at radius 3 is 2.70 bits per heavy atom. The predicted molar refractivity (Wildman–Crippen MR) is 39.4 cm³/mol. The standard InChI is InChI=1S/C6H15N3O/c1-8-5-3-9(7)4-6(5)10-2/h5-6,8H,3-4,7H2,1-2H3. The van der Waals surface area contributed by atoms with Crippen LogP contribution in [0, 0.1) is 0 Å². The average molecular weight is 145 g/mol. The highest BCUT2D eigenvalue weighted by Crippen LogP contribution is 2.08. The minimum absolute atomic E-state index is 0.245. The van der Waals surface area contributed by atoms with E-state index >= 15 is 0 Å². The fraction of sp³-hybridized carbons (Fsp3) is 1.00. The lowest BCUT2D eigenvalue weighted by Crippen LogP contribution is -2.37. The maximum atomic E-state index is 5.58. The summed E-state index contributed by atoms with van der Waals surface area (Å²) >= 11 is 0. The zero-order valence-electron chi connectivity index (χ0n) is 6.50. The number of nitrogens with zero attached hydrogens (tertiary/aromatic N) is 1. The lowest BCUT2D eigenvalue weighted by Gasteiger charge is -2.14. The molecule has 0 saturated carbocycles. The first kappa shape index (κ1) is 7.94. The molecule has 0 radical (unpaired) electrons. The Kier molecular flexibility index (Phi) is 2.62. The zero-order chi connectivity index (χ0) is 7.56. The number of ether oxygens (including phenoxy) is 1. The molecule has 1 heterocycles. The highest BCUT2D eigenvalue weighted by Gasteiger charge is 2.29. The lowest BCUT2D eigenvalue weighted by molar-refractivity contribution is 0.0918. The molecule has 0 aromatic heterocycles. The highest BCUT2D eigenvalue weighted by molar-refractivity contribution is 4.86. The van der Waals surface area contributed by atoms with Gasteiger partial charge in [0.25, 0.3) is 0 Å². The fourth-order valence-corrected chi connectivity index (χ4v) is 1.32. The maximum Gasteiger partial charge on any atom is 0.0877 e. The predicted octanol–water partition coefficient (Wildman–Crippen LogP) is -1.22. The highest BCUT2D eigenvalue weighted by atomic mass is 16.5. The molecular weight excluding hydrogens is 130 g/mol. The molecule has 0 aromatic carbocycles. The molecule has 1 aliphatic heterocycles. The molecule has 60 valence electrons. The molecule has 2 atom stereocenters. The summed E-state index contributed by atoms with van der Waals surface area (Å²) in [6.07, 6.45) is 0.245. The van der Waals surface area contributed by atoms with Crippen molar-refractivity contribution in [1.29, 1.82) is 0 Å². The van der Waals surface area contributed by atoms with E-state index in [1.165, 1.54) is 0 Å². The van der Waals surface area contributed by atoms with Gasteiger partial charge in [-0.2, -0.15) is 0 Å². The summed E-state index contributed by atoms with van der Waals surface area (Å²) in [6, 6.07) is 0.384. The van der Waals surface area contributed by atoms with E-state index in [0.717, 1.165) is 13.1 Å². The second kappa shape index (κ2) is 3.30. The summed E-state index contributed by atoms with van der Waals surface area (Å²) in [6.45, 7) is 1.69. The van der Waals surface area contributed by atoms with E-state index in [9.17, 15) is 0 Å². The SMILES string of the molecule is CNC1CN(N)CC1OC. The first-order valence-corrected chi connectivity index (χ1v) is 3.47. The smallest absolute Gasteiger partial charge is 0.0877 e. The number of hydrogen-bond donors (Lipinski definition) is 2. The van der Waals surface area contributed by atoms with Gasteiger partial charge in [0.2, 0.25) is 0 Å². The Morgan fingerprint density at radius 2 is 2.30 bits per heavy atom. The summed E-state index contributed by atoms with van der Waals surface area (Å²) in [5.41, 5.74) is 0. The molecule has 4 heteroatoms. The van der Waals surface area contributed by atoms with Gasteiger partial charge in [0.15, 0.2) is 0 Å². The molecule has 1 fully saturated rings. The van der Waals surface area contributed by atoms with E-state index in [1.54, 1.807) is 12.1 Å². The van der Waals surface area contributed by atoms with Crippen LogP contribution in [0.3, 0.4) is 0 Å². The van der Waals surface area contributed by atoms with Crippen molar-refractivity contribution in [2.75, 3.05) is 27.2 Å². The van der Waals surface area contributed by atoms with Gasteiger partial charge in [-0.05, 0) is 7.05 Å². The first-order valence-electron chi connectivity index (χ1n) is 3.47. The van der Waals surface area contributed by atoms with E-state index in [2.05, 4.69) is 5.32 Å². The van der Waals surface area contributed by atoms with E-state index in [-0.39, 0.29) is 6.10 Å². The van der Waals surface area contributed by atoms with Crippen LogP contribution in [-0.4, -0.2) is 44.4 Å². The zero-order valence-corrected chi connectivity index (χ0v) is 6.50. The summed E-state index contributed by atoms with van der Waals surface area (Å²) in [5.74, 6) is 5.58. The van der Waals surface area contributed by atoms with E-state index in [4.69, 9.17) is 10.6 Å². The van der Waals surface area contributed by atoms with Crippen LogP contribution in [0.4, 0.5) is 0 Å². The summed E-state index contributed by atoms with van der Waals surface area (Å²) in [4.78, 5) is 0. The lowest BCUT2D eigenvalue weighted by atomic mass is 10.2. The largest absolute Gasteiger partial charge is 0.378 e. The molecule has 1 rings (SSSR count). The molecule has 1 aliphatic rings. The van der Waals surface area contributed by atoms with Crippen LogP contribution >= 0.6 is 0 Å². The first-order chi connectivity index (χ1) is 4.77. The Balaban J connectivity index is 2.41. The maximum absolute atomic E-state index is 5.58. The third-order valence-electron chi connectivity index (χ3n) is 1.97. The van der Waals surface area contributed by atoms with Gasteiger partial charge in [-0.15, -0.1) is 0 Å². The van der Waals surface area contributed by atoms with Gasteiger partial charge in [0.05, 0.1) is 6.10 Å². The number of rotatable bonds is 2. The molecule has 0 aromatic rings. The van der Waals surface area contributed by atoms with Gasteiger partial charge in [0, 0.05) is 26.2 Å². The van der Waals surface area contributed by atoms with Gasteiger partial charge in [-0.25, -0.2) is 5.01 Å². The van der Waals surface area contributed by atoms with Crippen LogP contribution in [0.2, 0.25) is 0 Å². The molecule has 0 spiro atoms. The molecule has 4 nitrogen and oxygen atoms in total. The van der Waals surface area contributed by atoms with Crippen LogP contribution in [0.5, 0.6) is 0 Å². The molecule has 3 N–H and O–H groups in total. The summed E-state index contributed by atoms with van der Waals surface area (Å²) in [5, 5.41) is 4.92. The Bertz CT molecular complexity index is 97.2. The van der Waals surface area contributed by atoms with E-state index in [0.29, 0.717) is 6.04 Å². The minimum atomic E-state index is 0.245. The Morgan fingerprint density at radius 1 is 1.60 bits per heavy atom. The number of nitrogens with one attached hydrogen (secondary N) is 1. The molecule has 10 heavy (non-hydrogen) atoms. The summed E-state index contributed by atoms with van der Waals surface area (Å²) in [7, 11) is 3.64. The number of hydrogen-bond acceptors (Lipinski definition) is 4. The molecule has 0 aliphatic carbocycles. The third kappa shape index (κ3) is 1.46. The fourth-order valence-electron chi connectivity index (χ4n) is 1.32. The second-order valence-corrected chi connectivity index (χ2v) is 2.62. The molecular formula is C6H15N3O. The van der Waals surface area contributed by atoms with Crippen molar-refractivity contribution >= 4 is 0 Å².